The maximum atomic E-state index is 13.4. The fourth-order valence-electron chi connectivity index (χ4n) is 1.61. The molecular weight excluding hydrogens is 195 g/mol. The summed E-state index contributed by atoms with van der Waals surface area (Å²) in [6.45, 7) is 0. The van der Waals surface area contributed by atoms with Crippen molar-refractivity contribution in [3.05, 3.63) is 34.6 Å². The van der Waals surface area contributed by atoms with Crippen molar-refractivity contribution in [1.82, 2.24) is 0 Å². The molecule has 2 N–H and O–H groups in total. The minimum absolute atomic E-state index is 0.212. The number of hydrogen-bond donors (Lipinski definition) is 1. The van der Waals surface area contributed by atoms with Gasteiger partial charge in [0.15, 0.2) is 0 Å². The molecule has 1 fully saturated rings. The number of benzene rings is 1. The van der Waals surface area contributed by atoms with E-state index in [9.17, 15) is 9.18 Å². The van der Waals surface area contributed by atoms with Gasteiger partial charge in [-0.15, -0.1) is 0 Å². The van der Waals surface area contributed by atoms with Crippen molar-refractivity contribution in [1.29, 1.82) is 5.26 Å². The number of halogens is 1. The molecule has 0 atom stereocenters. The summed E-state index contributed by atoms with van der Waals surface area (Å²) in [4.78, 5) is 10.9. The second-order valence-electron chi connectivity index (χ2n) is 3.67. The number of nitriles is 1. The van der Waals surface area contributed by atoms with Crippen LogP contribution in [0.5, 0.6) is 0 Å². The van der Waals surface area contributed by atoms with Gasteiger partial charge in [0, 0.05) is 0 Å². The van der Waals surface area contributed by atoms with Gasteiger partial charge < -0.3 is 5.73 Å². The van der Waals surface area contributed by atoms with Crippen LogP contribution in [0.3, 0.4) is 0 Å². The summed E-state index contributed by atoms with van der Waals surface area (Å²) in [5.74, 6) is -1.20. The van der Waals surface area contributed by atoms with Crippen LogP contribution < -0.4 is 5.73 Å². The molecule has 0 unspecified atom stereocenters. The maximum absolute atomic E-state index is 13.4. The zero-order valence-electron chi connectivity index (χ0n) is 7.96. The first-order valence-electron chi connectivity index (χ1n) is 4.67. The summed E-state index contributed by atoms with van der Waals surface area (Å²) in [7, 11) is 0. The Morgan fingerprint density at radius 3 is 2.67 bits per heavy atom. The molecule has 4 heteroatoms. The summed E-state index contributed by atoms with van der Waals surface area (Å²) in [6.07, 6.45) is 1.95. The molecule has 3 nitrogen and oxygen atoms in total. The molecular formula is C11H9FN2O. The van der Waals surface area contributed by atoms with E-state index in [0.29, 0.717) is 11.1 Å². The lowest BCUT2D eigenvalue weighted by atomic mass is 10.0. The van der Waals surface area contributed by atoms with Gasteiger partial charge in [0.1, 0.15) is 5.82 Å². The van der Waals surface area contributed by atoms with Crippen molar-refractivity contribution in [3.63, 3.8) is 0 Å². The second-order valence-corrected chi connectivity index (χ2v) is 3.67. The highest BCUT2D eigenvalue weighted by Crippen LogP contribution is 2.42. The predicted octanol–water partition coefficient (Wildman–Crippen LogP) is 1.67. The molecule has 15 heavy (non-hydrogen) atoms. The van der Waals surface area contributed by atoms with Crippen LogP contribution in [0.4, 0.5) is 4.39 Å². The smallest absolute Gasteiger partial charge is 0.251 e. The fourth-order valence-corrected chi connectivity index (χ4v) is 1.61. The molecule has 2 rings (SSSR count). The Balaban J connectivity index is 2.56. The van der Waals surface area contributed by atoms with Crippen molar-refractivity contribution in [2.45, 2.75) is 18.8 Å². The first kappa shape index (κ1) is 9.66. The van der Waals surface area contributed by atoms with Crippen molar-refractivity contribution in [3.8, 4) is 6.07 Å². The van der Waals surface area contributed by atoms with E-state index in [1.165, 1.54) is 12.1 Å². The number of amides is 1. The normalized spacial score (nSPS) is 14.7. The van der Waals surface area contributed by atoms with Crippen LogP contribution in [0.15, 0.2) is 12.1 Å². The first-order valence-corrected chi connectivity index (χ1v) is 4.67. The number of rotatable bonds is 2. The largest absolute Gasteiger partial charge is 0.366 e. The molecule has 1 amide bonds. The Bertz CT molecular complexity index is 472. The Labute approximate surface area is 86.3 Å². The van der Waals surface area contributed by atoms with E-state index in [1.54, 1.807) is 0 Å². The third-order valence-electron chi connectivity index (χ3n) is 2.54. The van der Waals surface area contributed by atoms with Gasteiger partial charge in [-0.3, -0.25) is 4.79 Å². The number of carbonyl (C=O) groups excluding carboxylic acids is 1. The van der Waals surface area contributed by atoms with Crippen LogP contribution in [0, 0.1) is 17.1 Å². The zero-order chi connectivity index (χ0) is 11.0. The Hall–Kier alpha value is -1.89. The van der Waals surface area contributed by atoms with Crippen LogP contribution >= 0.6 is 0 Å². The highest BCUT2D eigenvalue weighted by molar-refractivity contribution is 5.93. The van der Waals surface area contributed by atoms with E-state index < -0.39 is 11.7 Å². The van der Waals surface area contributed by atoms with Gasteiger partial charge in [0.2, 0.25) is 0 Å². The number of nitrogens with two attached hydrogens (primary N) is 1. The van der Waals surface area contributed by atoms with Crippen molar-refractivity contribution < 1.29 is 9.18 Å². The van der Waals surface area contributed by atoms with Gasteiger partial charge in [-0.25, -0.2) is 4.39 Å². The van der Waals surface area contributed by atoms with E-state index in [0.717, 1.165) is 12.8 Å². The van der Waals surface area contributed by atoms with Gasteiger partial charge in [-0.2, -0.15) is 5.26 Å². The second kappa shape index (κ2) is 3.35. The zero-order valence-corrected chi connectivity index (χ0v) is 7.96. The molecule has 0 aliphatic heterocycles. The third kappa shape index (κ3) is 1.68. The Morgan fingerprint density at radius 2 is 2.20 bits per heavy atom. The van der Waals surface area contributed by atoms with Crippen molar-refractivity contribution in [2.75, 3.05) is 0 Å². The topological polar surface area (TPSA) is 66.9 Å². The maximum Gasteiger partial charge on any atom is 0.251 e. The summed E-state index contributed by atoms with van der Waals surface area (Å²) in [5.41, 5.74) is 5.83. The van der Waals surface area contributed by atoms with Crippen LogP contribution in [0.1, 0.15) is 40.2 Å². The van der Waals surface area contributed by atoms with Crippen LogP contribution in [-0.2, 0) is 0 Å². The summed E-state index contributed by atoms with van der Waals surface area (Å²) >= 11 is 0. The van der Waals surface area contributed by atoms with E-state index in [4.69, 9.17) is 11.0 Å². The van der Waals surface area contributed by atoms with Gasteiger partial charge in [0.25, 0.3) is 5.91 Å². The molecule has 1 aromatic rings. The molecule has 0 radical (unpaired) electrons. The minimum atomic E-state index is -0.841. The molecule has 1 saturated carbocycles. The average Bonchev–Trinajstić information content (AvgIpc) is 3.00. The van der Waals surface area contributed by atoms with Gasteiger partial charge in [0.05, 0.1) is 17.2 Å². The van der Waals surface area contributed by atoms with Gasteiger partial charge >= 0.3 is 0 Å². The Kier molecular flexibility index (Phi) is 2.16. The molecule has 1 aromatic carbocycles. The summed E-state index contributed by atoms with van der Waals surface area (Å²) in [6, 6.07) is 4.47. The number of nitrogens with zero attached hydrogens (tertiary/aromatic N) is 1. The predicted molar refractivity (Wildman–Crippen MR) is 51.6 cm³/mol. The standard InChI is InChI=1S/C11H9FN2O/c12-10-4-8(6-1-2-6)7(5-13)3-9(10)11(14)15/h3-4,6H,1-2H2,(H2,14,15). The molecule has 1 aliphatic carbocycles. The SMILES string of the molecule is N#Cc1cc(C(N)=O)c(F)cc1C1CC1. The number of hydrogen-bond acceptors (Lipinski definition) is 2. The van der Waals surface area contributed by atoms with E-state index in [1.807, 2.05) is 6.07 Å². The lowest BCUT2D eigenvalue weighted by Gasteiger charge is -2.05. The average molecular weight is 204 g/mol. The molecule has 1 aliphatic rings. The molecule has 0 aromatic heterocycles. The Morgan fingerprint density at radius 1 is 1.53 bits per heavy atom. The molecule has 0 heterocycles. The molecule has 76 valence electrons. The number of carbonyl (C=O) groups is 1. The highest BCUT2D eigenvalue weighted by Gasteiger charge is 2.27. The van der Waals surface area contributed by atoms with Crippen molar-refractivity contribution in [2.24, 2.45) is 5.73 Å². The fraction of sp³-hybridized carbons (Fsp3) is 0.273. The molecule has 0 spiro atoms. The first-order chi connectivity index (χ1) is 7.13. The third-order valence-corrected chi connectivity index (χ3v) is 2.54. The lowest BCUT2D eigenvalue weighted by Crippen LogP contribution is -2.14. The van der Waals surface area contributed by atoms with Crippen LogP contribution in [-0.4, -0.2) is 5.91 Å². The van der Waals surface area contributed by atoms with Crippen molar-refractivity contribution >= 4 is 5.91 Å². The van der Waals surface area contributed by atoms with E-state index in [-0.39, 0.29) is 11.5 Å². The minimum Gasteiger partial charge on any atom is -0.366 e. The highest BCUT2D eigenvalue weighted by atomic mass is 19.1. The van der Waals surface area contributed by atoms with Gasteiger partial charge in [-0.05, 0) is 36.5 Å². The molecule has 0 saturated heterocycles. The lowest BCUT2D eigenvalue weighted by molar-refractivity contribution is 0.0996. The van der Waals surface area contributed by atoms with E-state index >= 15 is 0 Å². The summed E-state index contributed by atoms with van der Waals surface area (Å²) in [5, 5.41) is 8.87. The van der Waals surface area contributed by atoms with Gasteiger partial charge in [-0.1, -0.05) is 0 Å². The van der Waals surface area contributed by atoms with Crippen LogP contribution in [0.25, 0.3) is 0 Å². The number of primary amides is 1. The quantitative estimate of drug-likeness (QED) is 0.796. The van der Waals surface area contributed by atoms with Crippen LogP contribution in [0.2, 0.25) is 0 Å². The molecule has 0 bridgehead atoms. The monoisotopic (exact) mass is 204 g/mol. The van der Waals surface area contributed by atoms with E-state index in [2.05, 4.69) is 0 Å². The summed E-state index contributed by atoms with van der Waals surface area (Å²) < 4.78 is 13.4.